The van der Waals surface area contributed by atoms with Gasteiger partial charge in [-0.1, -0.05) is 5.16 Å². The van der Waals surface area contributed by atoms with Crippen molar-refractivity contribution in [2.24, 2.45) is 0 Å². The molecule has 0 amide bonds. The Kier molecular flexibility index (Phi) is 3.36. The minimum atomic E-state index is -0.562. The zero-order valence-corrected chi connectivity index (χ0v) is 14.1. The Morgan fingerprint density at radius 1 is 1.04 bits per heavy atom. The molecule has 4 aromatic rings. The Morgan fingerprint density at radius 2 is 1.93 bits per heavy atom. The second kappa shape index (κ2) is 5.87. The van der Waals surface area contributed by atoms with Gasteiger partial charge in [-0.05, 0) is 42.5 Å². The fourth-order valence-electron chi connectivity index (χ4n) is 2.86. The van der Waals surface area contributed by atoms with Gasteiger partial charge in [0.25, 0.3) is 5.89 Å². The molecule has 5 rings (SSSR count). The summed E-state index contributed by atoms with van der Waals surface area (Å²) in [4.78, 5) is 16.6. The summed E-state index contributed by atoms with van der Waals surface area (Å²) in [7, 11) is 1.57. The van der Waals surface area contributed by atoms with Crippen LogP contribution in [-0.4, -0.2) is 24.0 Å². The molecule has 8 heteroatoms. The monoisotopic (exact) mass is 364 g/mol. The lowest BCUT2D eigenvalue weighted by Gasteiger charge is -2.02. The average molecular weight is 364 g/mol. The third-order valence-corrected chi connectivity index (χ3v) is 4.23. The molecule has 0 bridgehead atoms. The number of aromatic nitrogens is 2. The van der Waals surface area contributed by atoms with Gasteiger partial charge in [0.05, 0.1) is 7.11 Å². The molecular weight excluding hydrogens is 352 g/mol. The second-order valence-corrected chi connectivity index (χ2v) is 5.84. The van der Waals surface area contributed by atoms with Crippen molar-refractivity contribution >= 4 is 11.0 Å². The van der Waals surface area contributed by atoms with Crippen molar-refractivity contribution in [1.29, 1.82) is 0 Å². The van der Waals surface area contributed by atoms with E-state index in [4.69, 9.17) is 23.2 Å². The topological polar surface area (TPSA) is 96.8 Å². The van der Waals surface area contributed by atoms with Crippen LogP contribution in [0.25, 0.3) is 33.8 Å². The highest BCUT2D eigenvalue weighted by Crippen LogP contribution is 2.35. The van der Waals surface area contributed by atoms with E-state index in [1.807, 2.05) is 0 Å². The third-order valence-electron chi connectivity index (χ3n) is 4.23. The zero-order valence-electron chi connectivity index (χ0n) is 14.1. The van der Waals surface area contributed by atoms with Crippen LogP contribution in [0.3, 0.4) is 0 Å². The number of ether oxygens (including phenoxy) is 3. The lowest BCUT2D eigenvalue weighted by molar-refractivity contribution is 0.174. The predicted octanol–water partition coefficient (Wildman–Crippen LogP) is 3.25. The number of hydrogen-bond acceptors (Lipinski definition) is 8. The highest BCUT2D eigenvalue weighted by atomic mass is 16.7. The fourth-order valence-corrected chi connectivity index (χ4v) is 2.86. The van der Waals surface area contributed by atoms with Gasteiger partial charge in [0.2, 0.25) is 12.6 Å². The molecule has 1 aliphatic heterocycles. The molecule has 3 heterocycles. The van der Waals surface area contributed by atoms with E-state index in [0.29, 0.717) is 39.6 Å². The molecule has 0 saturated carbocycles. The molecule has 2 aromatic heterocycles. The minimum absolute atomic E-state index is 0.0705. The number of fused-ring (bicyclic) bond motifs is 2. The number of methoxy groups -OCH3 is 1. The first-order chi connectivity index (χ1) is 13.2. The van der Waals surface area contributed by atoms with Crippen LogP contribution in [0.5, 0.6) is 17.2 Å². The van der Waals surface area contributed by atoms with E-state index in [1.165, 1.54) is 0 Å². The van der Waals surface area contributed by atoms with E-state index in [9.17, 15) is 4.79 Å². The molecule has 0 radical (unpaired) electrons. The number of hydrogen-bond donors (Lipinski definition) is 0. The van der Waals surface area contributed by atoms with E-state index < -0.39 is 5.63 Å². The maximum atomic E-state index is 12.3. The third kappa shape index (κ3) is 2.58. The summed E-state index contributed by atoms with van der Waals surface area (Å²) in [6.07, 6.45) is 0. The zero-order chi connectivity index (χ0) is 18.4. The van der Waals surface area contributed by atoms with Gasteiger partial charge in [-0.15, -0.1) is 0 Å². The molecule has 0 fully saturated rings. The number of benzene rings is 2. The molecule has 1 aliphatic rings. The largest absolute Gasteiger partial charge is 0.497 e. The number of nitrogens with zero attached hydrogens (tertiary/aromatic N) is 2. The molecule has 0 spiro atoms. The van der Waals surface area contributed by atoms with Crippen LogP contribution in [0.1, 0.15) is 0 Å². The first-order valence-corrected chi connectivity index (χ1v) is 8.07. The summed E-state index contributed by atoms with van der Waals surface area (Å²) in [5, 5.41) is 4.64. The van der Waals surface area contributed by atoms with Crippen LogP contribution in [0.2, 0.25) is 0 Å². The first kappa shape index (κ1) is 15.4. The van der Waals surface area contributed by atoms with Crippen molar-refractivity contribution in [1.82, 2.24) is 10.1 Å². The van der Waals surface area contributed by atoms with Crippen LogP contribution in [0.4, 0.5) is 0 Å². The Bertz CT molecular complexity index is 1230. The smallest absolute Gasteiger partial charge is 0.349 e. The van der Waals surface area contributed by atoms with Gasteiger partial charge >= 0.3 is 5.63 Å². The van der Waals surface area contributed by atoms with E-state index >= 15 is 0 Å². The summed E-state index contributed by atoms with van der Waals surface area (Å²) >= 11 is 0. The summed E-state index contributed by atoms with van der Waals surface area (Å²) in [6, 6.07) is 12.1. The average Bonchev–Trinajstić information content (AvgIpc) is 3.36. The van der Waals surface area contributed by atoms with Gasteiger partial charge < -0.3 is 23.2 Å². The lowest BCUT2D eigenvalue weighted by Crippen LogP contribution is -2.03. The van der Waals surface area contributed by atoms with Crippen LogP contribution in [0, 0.1) is 0 Å². The SMILES string of the molecule is COc1ccc2oc(=O)c(-c3nc(-c4ccc5c(c4)OCO5)no3)cc2c1. The van der Waals surface area contributed by atoms with Crippen LogP contribution in [0.15, 0.2) is 56.2 Å². The summed E-state index contributed by atoms with van der Waals surface area (Å²) in [6.45, 7) is 0.178. The second-order valence-electron chi connectivity index (χ2n) is 5.84. The Labute approximate surface area is 151 Å². The van der Waals surface area contributed by atoms with Crippen molar-refractivity contribution < 1.29 is 23.2 Å². The van der Waals surface area contributed by atoms with E-state index in [1.54, 1.807) is 49.6 Å². The molecule has 0 saturated heterocycles. The normalized spacial score (nSPS) is 12.5. The summed E-state index contributed by atoms with van der Waals surface area (Å²) < 4.78 is 26.5. The standard InChI is InChI=1S/C19H12N2O6/c1-23-12-3-5-14-11(6-12)7-13(19(22)26-14)18-20-17(21-27-18)10-2-4-15-16(8-10)25-9-24-15/h2-8H,9H2,1H3. The Balaban J connectivity index is 1.57. The van der Waals surface area contributed by atoms with Crippen molar-refractivity contribution in [2.45, 2.75) is 0 Å². The van der Waals surface area contributed by atoms with Gasteiger partial charge in [-0.25, -0.2) is 4.79 Å². The Hall–Kier alpha value is -3.81. The van der Waals surface area contributed by atoms with Crippen LogP contribution < -0.4 is 19.8 Å². The quantitative estimate of drug-likeness (QED) is 0.511. The highest BCUT2D eigenvalue weighted by molar-refractivity contribution is 5.81. The molecule has 0 aliphatic carbocycles. The van der Waals surface area contributed by atoms with E-state index in [0.717, 1.165) is 0 Å². The molecule has 134 valence electrons. The van der Waals surface area contributed by atoms with E-state index in [2.05, 4.69) is 10.1 Å². The molecule has 0 N–H and O–H groups in total. The van der Waals surface area contributed by atoms with Crippen molar-refractivity contribution in [3.63, 3.8) is 0 Å². The van der Waals surface area contributed by atoms with Crippen LogP contribution in [-0.2, 0) is 0 Å². The molecule has 8 nitrogen and oxygen atoms in total. The van der Waals surface area contributed by atoms with Gasteiger partial charge in [0, 0.05) is 10.9 Å². The maximum Gasteiger partial charge on any atom is 0.349 e. The lowest BCUT2D eigenvalue weighted by atomic mass is 10.1. The van der Waals surface area contributed by atoms with Gasteiger partial charge in [0.1, 0.15) is 16.9 Å². The van der Waals surface area contributed by atoms with Gasteiger partial charge in [-0.3, -0.25) is 0 Å². The molecule has 0 unspecified atom stereocenters. The van der Waals surface area contributed by atoms with Crippen molar-refractivity contribution in [2.75, 3.05) is 13.9 Å². The molecule has 27 heavy (non-hydrogen) atoms. The van der Waals surface area contributed by atoms with Crippen molar-refractivity contribution in [3.8, 4) is 40.1 Å². The molecule has 0 atom stereocenters. The fraction of sp³-hybridized carbons (Fsp3) is 0.105. The molecular formula is C19H12N2O6. The molecule has 2 aromatic carbocycles. The Morgan fingerprint density at radius 3 is 2.81 bits per heavy atom. The summed E-state index contributed by atoms with van der Waals surface area (Å²) in [5.41, 5.74) is 0.741. The number of rotatable bonds is 3. The van der Waals surface area contributed by atoms with Gasteiger partial charge in [0.15, 0.2) is 11.5 Å². The minimum Gasteiger partial charge on any atom is -0.497 e. The van der Waals surface area contributed by atoms with E-state index in [-0.39, 0.29) is 18.2 Å². The van der Waals surface area contributed by atoms with Crippen molar-refractivity contribution in [3.05, 3.63) is 52.9 Å². The predicted molar refractivity (Wildman–Crippen MR) is 93.9 cm³/mol. The van der Waals surface area contributed by atoms with Gasteiger partial charge in [-0.2, -0.15) is 4.98 Å². The summed E-state index contributed by atoms with van der Waals surface area (Å²) in [5.74, 6) is 2.31. The maximum absolute atomic E-state index is 12.3. The van der Waals surface area contributed by atoms with Crippen LogP contribution >= 0.6 is 0 Å². The highest BCUT2D eigenvalue weighted by Gasteiger charge is 2.19. The first-order valence-electron chi connectivity index (χ1n) is 8.07.